The van der Waals surface area contributed by atoms with E-state index in [0.717, 1.165) is 0 Å². The lowest BCUT2D eigenvalue weighted by molar-refractivity contribution is 0.413. The van der Waals surface area contributed by atoms with Gasteiger partial charge in [0.1, 0.15) is 5.75 Å². The molecule has 0 fully saturated rings. The lowest BCUT2D eigenvalue weighted by Gasteiger charge is -2.05. The molecule has 6 nitrogen and oxygen atoms in total. The molecule has 0 atom stereocenters. The zero-order valence-corrected chi connectivity index (χ0v) is 10.2. The molecule has 0 radical (unpaired) electrons. The van der Waals surface area contributed by atoms with Gasteiger partial charge in [0.25, 0.3) is 0 Å². The SMILES string of the molecule is COc1cccc(S(=O)(=O)CCCN=[N+]=[N-])c1. The van der Waals surface area contributed by atoms with Gasteiger partial charge in [0.2, 0.25) is 0 Å². The van der Waals surface area contributed by atoms with Crippen LogP contribution in [0.2, 0.25) is 0 Å². The average molecular weight is 255 g/mol. The summed E-state index contributed by atoms with van der Waals surface area (Å²) >= 11 is 0. The summed E-state index contributed by atoms with van der Waals surface area (Å²) in [5.41, 5.74) is 8.07. The van der Waals surface area contributed by atoms with E-state index in [9.17, 15) is 8.42 Å². The maximum absolute atomic E-state index is 11.9. The Morgan fingerprint density at radius 2 is 2.24 bits per heavy atom. The Labute approximate surface area is 99.8 Å². The minimum absolute atomic E-state index is 0.0425. The molecule has 1 aromatic rings. The number of methoxy groups -OCH3 is 1. The van der Waals surface area contributed by atoms with Gasteiger partial charge in [-0.1, -0.05) is 11.2 Å². The van der Waals surface area contributed by atoms with Crippen LogP contribution in [-0.4, -0.2) is 27.8 Å². The summed E-state index contributed by atoms with van der Waals surface area (Å²) in [6.45, 7) is 0.180. The van der Waals surface area contributed by atoms with Gasteiger partial charge in [-0.2, -0.15) is 0 Å². The average Bonchev–Trinajstić information content (AvgIpc) is 2.35. The first kappa shape index (κ1) is 13.3. The molecule has 7 heteroatoms. The van der Waals surface area contributed by atoms with Crippen LogP contribution in [0, 0.1) is 0 Å². The molecule has 1 aromatic carbocycles. The minimum Gasteiger partial charge on any atom is -0.497 e. The molecule has 0 heterocycles. The van der Waals surface area contributed by atoms with E-state index in [0.29, 0.717) is 12.2 Å². The Bertz CT molecular complexity index is 521. The maximum Gasteiger partial charge on any atom is 0.178 e. The fourth-order valence-electron chi connectivity index (χ4n) is 1.28. The van der Waals surface area contributed by atoms with Gasteiger partial charge in [0.15, 0.2) is 9.84 Å². The number of sulfone groups is 1. The Balaban J connectivity index is 2.78. The summed E-state index contributed by atoms with van der Waals surface area (Å²) in [6.07, 6.45) is 0.309. The molecular weight excluding hydrogens is 242 g/mol. The molecule has 17 heavy (non-hydrogen) atoms. The molecule has 0 aliphatic carbocycles. The van der Waals surface area contributed by atoms with Crippen LogP contribution in [0.3, 0.4) is 0 Å². The fourth-order valence-corrected chi connectivity index (χ4v) is 2.61. The number of rotatable bonds is 6. The lowest BCUT2D eigenvalue weighted by atomic mass is 10.3. The van der Waals surface area contributed by atoms with Gasteiger partial charge in [-0.05, 0) is 30.2 Å². The van der Waals surface area contributed by atoms with Crippen LogP contribution in [-0.2, 0) is 9.84 Å². The monoisotopic (exact) mass is 255 g/mol. The van der Waals surface area contributed by atoms with Gasteiger partial charge in [0.05, 0.1) is 17.8 Å². The van der Waals surface area contributed by atoms with Crippen LogP contribution in [0.4, 0.5) is 0 Å². The molecule has 0 aliphatic rings. The normalized spacial score (nSPS) is 10.6. The molecule has 92 valence electrons. The molecular formula is C10H13N3O3S. The maximum atomic E-state index is 11.9. The Kier molecular flexibility index (Phi) is 4.81. The molecule has 0 amide bonds. The topological polar surface area (TPSA) is 92.1 Å². The predicted molar refractivity (Wildman–Crippen MR) is 63.7 cm³/mol. The Morgan fingerprint density at radius 1 is 1.47 bits per heavy atom. The third-order valence-electron chi connectivity index (χ3n) is 2.13. The minimum atomic E-state index is -3.34. The summed E-state index contributed by atoms with van der Waals surface area (Å²) in [7, 11) is -1.86. The zero-order valence-electron chi connectivity index (χ0n) is 9.41. The number of hydrogen-bond acceptors (Lipinski definition) is 4. The highest BCUT2D eigenvalue weighted by Gasteiger charge is 2.14. The molecule has 0 saturated carbocycles. The lowest BCUT2D eigenvalue weighted by Crippen LogP contribution is -2.07. The molecule has 0 aliphatic heterocycles. The number of azide groups is 1. The molecule has 0 unspecified atom stereocenters. The van der Waals surface area contributed by atoms with Gasteiger partial charge in [-0.25, -0.2) is 8.42 Å². The zero-order chi connectivity index (χ0) is 12.7. The summed E-state index contributed by atoms with van der Waals surface area (Å²) in [5, 5.41) is 3.29. The van der Waals surface area contributed by atoms with Gasteiger partial charge >= 0.3 is 0 Å². The van der Waals surface area contributed by atoms with Crippen LogP contribution in [0.5, 0.6) is 5.75 Å². The molecule has 0 N–H and O–H groups in total. The number of ether oxygens (including phenoxy) is 1. The van der Waals surface area contributed by atoms with E-state index >= 15 is 0 Å². The van der Waals surface area contributed by atoms with Crippen LogP contribution >= 0.6 is 0 Å². The first-order valence-corrected chi connectivity index (χ1v) is 6.63. The van der Waals surface area contributed by atoms with Crippen molar-refractivity contribution in [2.24, 2.45) is 5.11 Å². The van der Waals surface area contributed by atoms with E-state index in [1.807, 2.05) is 0 Å². The molecule has 0 saturated heterocycles. The van der Waals surface area contributed by atoms with Crippen molar-refractivity contribution in [3.8, 4) is 5.75 Å². The van der Waals surface area contributed by atoms with Gasteiger partial charge < -0.3 is 4.74 Å². The smallest absolute Gasteiger partial charge is 0.178 e. The summed E-state index contributed by atoms with van der Waals surface area (Å²) in [5.74, 6) is 0.459. The summed E-state index contributed by atoms with van der Waals surface area (Å²) in [6, 6.07) is 6.30. The number of hydrogen-bond donors (Lipinski definition) is 0. The van der Waals surface area contributed by atoms with E-state index in [1.165, 1.54) is 19.2 Å². The van der Waals surface area contributed by atoms with Crippen molar-refractivity contribution in [2.45, 2.75) is 11.3 Å². The Hall–Kier alpha value is -1.72. The molecule has 0 bridgehead atoms. The highest BCUT2D eigenvalue weighted by atomic mass is 32.2. The van der Waals surface area contributed by atoms with Crippen molar-refractivity contribution < 1.29 is 13.2 Å². The van der Waals surface area contributed by atoms with Gasteiger partial charge in [0, 0.05) is 11.5 Å². The number of nitrogens with zero attached hydrogens (tertiary/aromatic N) is 3. The van der Waals surface area contributed by atoms with Crippen molar-refractivity contribution >= 4 is 9.84 Å². The Morgan fingerprint density at radius 3 is 2.88 bits per heavy atom. The fraction of sp³-hybridized carbons (Fsp3) is 0.400. The largest absolute Gasteiger partial charge is 0.497 e. The second-order valence-electron chi connectivity index (χ2n) is 3.31. The van der Waals surface area contributed by atoms with E-state index < -0.39 is 9.84 Å². The number of benzene rings is 1. The standard InChI is InChI=1S/C10H13N3O3S/c1-16-9-4-2-5-10(8-9)17(14,15)7-3-6-12-13-11/h2,4-5,8H,3,6-7H2,1H3. The van der Waals surface area contributed by atoms with Crippen molar-refractivity contribution in [3.63, 3.8) is 0 Å². The molecule has 0 spiro atoms. The first-order chi connectivity index (χ1) is 8.10. The quantitative estimate of drug-likeness (QED) is 0.337. The second-order valence-corrected chi connectivity index (χ2v) is 5.42. The van der Waals surface area contributed by atoms with Crippen LogP contribution < -0.4 is 4.74 Å². The third-order valence-corrected chi connectivity index (χ3v) is 3.93. The van der Waals surface area contributed by atoms with E-state index in [4.69, 9.17) is 10.3 Å². The van der Waals surface area contributed by atoms with Crippen molar-refractivity contribution in [1.82, 2.24) is 0 Å². The van der Waals surface area contributed by atoms with Gasteiger partial charge in [-0.15, -0.1) is 0 Å². The summed E-state index contributed by atoms with van der Waals surface area (Å²) in [4.78, 5) is 2.79. The van der Waals surface area contributed by atoms with Crippen LogP contribution in [0.25, 0.3) is 10.4 Å². The summed E-state index contributed by atoms with van der Waals surface area (Å²) < 4.78 is 28.7. The first-order valence-electron chi connectivity index (χ1n) is 4.98. The second kappa shape index (κ2) is 6.12. The van der Waals surface area contributed by atoms with Crippen molar-refractivity contribution in [3.05, 3.63) is 34.7 Å². The molecule has 0 aromatic heterocycles. The van der Waals surface area contributed by atoms with Crippen molar-refractivity contribution in [1.29, 1.82) is 0 Å². The highest BCUT2D eigenvalue weighted by molar-refractivity contribution is 7.91. The van der Waals surface area contributed by atoms with Gasteiger partial charge in [-0.3, -0.25) is 0 Å². The van der Waals surface area contributed by atoms with Crippen molar-refractivity contribution in [2.75, 3.05) is 19.4 Å². The molecule has 1 rings (SSSR count). The highest BCUT2D eigenvalue weighted by Crippen LogP contribution is 2.18. The van der Waals surface area contributed by atoms with E-state index in [1.54, 1.807) is 12.1 Å². The van der Waals surface area contributed by atoms with E-state index in [-0.39, 0.29) is 17.2 Å². The van der Waals surface area contributed by atoms with Crippen LogP contribution in [0.1, 0.15) is 6.42 Å². The van der Waals surface area contributed by atoms with E-state index in [2.05, 4.69) is 10.0 Å². The third kappa shape index (κ3) is 3.97. The van der Waals surface area contributed by atoms with Crippen LogP contribution in [0.15, 0.2) is 34.3 Å². The predicted octanol–water partition coefficient (Wildman–Crippen LogP) is 2.17.